The fraction of sp³-hybridized carbons (Fsp3) is 0.750. The van der Waals surface area contributed by atoms with Gasteiger partial charge in [-0.1, -0.05) is 20.8 Å². The molecule has 0 saturated carbocycles. The molecule has 2 heteroatoms. The van der Waals surface area contributed by atoms with Crippen LogP contribution in [0.25, 0.3) is 0 Å². The van der Waals surface area contributed by atoms with Gasteiger partial charge in [0, 0.05) is 6.42 Å². The lowest BCUT2D eigenvalue weighted by Gasteiger charge is -2.08. The van der Waals surface area contributed by atoms with Crippen LogP contribution in [0.15, 0.2) is 0 Å². The van der Waals surface area contributed by atoms with E-state index >= 15 is 0 Å². The Morgan fingerprint density at radius 1 is 1.60 bits per heavy atom. The molecule has 0 rings (SSSR count). The first-order valence-corrected chi connectivity index (χ1v) is 3.55. The van der Waals surface area contributed by atoms with Gasteiger partial charge in [0.15, 0.2) is 0 Å². The summed E-state index contributed by atoms with van der Waals surface area (Å²) in [5, 5.41) is 8.53. The van der Waals surface area contributed by atoms with Crippen molar-refractivity contribution in [3.8, 4) is 6.07 Å². The molecule has 1 atom stereocenters. The van der Waals surface area contributed by atoms with Crippen LogP contribution in [0.2, 0.25) is 0 Å². The van der Waals surface area contributed by atoms with Crippen LogP contribution >= 0.6 is 0 Å². The molecule has 0 aliphatic carbocycles. The Balaban J connectivity index is 4.11. The van der Waals surface area contributed by atoms with E-state index in [9.17, 15) is 4.79 Å². The Kier molecular flexibility index (Phi) is 3.71. The molecule has 56 valence electrons. The molecule has 0 aliphatic rings. The number of ketones is 1. The maximum atomic E-state index is 11.0. The summed E-state index contributed by atoms with van der Waals surface area (Å²) in [5.41, 5.74) is 0. The summed E-state index contributed by atoms with van der Waals surface area (Å²) in [4.78, 5) is 11.0. The zero-order valence-electron chi connectivity index (χ0n) is 6.72. The minimum absolute atomic E-state index is 0.0532. The zero-order valence-corrected chi connectivity index (χ0v) is 6.72. The van der Waals surface area contributed by atoms with Gasteiger partial charge in [0.1, 0.15) is 11.7 Å². The van der Waals surface area contributed by atoms with Gasteiger partial charge < -0.3 is 0 Å². The summed E-state index contributed by atoms with van der Waals surface area (Å²) < 4.78 is 0. The highest BCUT2D eigenvalue weighted by molar-refractivity contribution is 5.83. The molecule has 0 bridgehead atoms. The Labute approximate surface area is 61.8 Å². The van der Waals surface area contributed by atoms with Gasteiger partial charge in [-0.25, -0.2) is 0 Å². The lowest BCUT2D eigenvalue weighted by atomic mass is 9.92. The van der Waals surface area contributed by atoms with Crippen LogP contribution in [0.3, 0.4) is 0 Å². The van der Waals surface area contributed by atoms with Gasteiger partial charge in [-0.05, 0) is 5.92 Å². The van der Waals surface area contributed by atoms with Crippen molar-refractivity contribution in [1.29, 1.82) is 5.26 Å². The van der Waals surface area contributed by atoms with Gasteiger partial charge in [-0.3, -0.25) is 4.79 Å². The van der Waals surface area contributed by atoms with Crippen molar-refractivity contribution in [1.82, 2.24) is 0 Å². The smallest absolute Gasteiger partial charge is 0.149 e. The number of rotatable bonds is 3. The highest BCUT2D eigenvalue weighted by atomic mass is 16.1. The van der Waals surface area contributed by atoms with Crippen LogP contribution < -0.4 is 0 Å². The first-order valence-electron chi connectivity index (χ1n) is 3.55. The lowest BCUT2D eigenvalue weighted by Crippen LogP contribution is -2.17. The molecule has 1 unspecified atom stereocenters. The van der Waals surface area contributed by atoms with Gasteiger partial charge in [-0.15, -0.1) is 0 Å². The van der Waals surface area contributed by atoms with Crippen molar-refractivity contribution in [2.24, 2.45) is 11.8 Å². The number of nitrogens with zero attached hydrogens (tertiary/aromatic N) is 1. The molecule has 0 radical (unpaired) electrons. The molecule has 2 nitrogen and oxygen atoms in total. The topological polar surface area (TPSA) is 40.9 Å². The van der Waals surface area contributed by atoms with E-state index in [1.807, 2.05) is 19.9 Å². The summed E-state index contributed by atoms with van der Waals surface area (Å²) in [5.74, 6) is -0.194. The van der Waals surface area contributed by atoms with Crippen LogP contribution in [0.5, 0.6) is 0 Å². The largest absolute Gasteiger partial charge is 0.298 e. The number of hydrogen-bond acceptors (Lipinski definition) is 2. The Morgan fingerprint density at radius 2 is 2.10 bits per heavy atom. The van der Waals surface area contributed by atoms with Gasteiger partial charge in [0.05, 0.1) is 6.07 Å². The highest BCUT2D eigenvalue weighted by Gasteiger charge is 2.18. The normalized spacial score (nSPS) is 12.7. The molecule has 0 aromatic rings. The van der Waals surface area contributed by atoms with E-state index in [1.54, 1.807) is 6.92 Å². The van der Waals surface area contributed by atoms with Crippen molar-refractivity contribution < 1.29 is 4.79 Å². The third-order valence-corrected chi connectivity index (χ3v) is 1.50. The minimum atomic E-state index is -0.398. The Hall–Kier alpha value is -0.840. The van der Waals surface area contributed by atoms with Crippen LogP contribution in [-0.2, 0) is 4.79 Å². The summed E-state index contributed by atoms with van der Waals surface area (Å²) in [6.45, 7) is 5.57. The van der Waals surface area contributed by atoms with Gasteiger partial charge >= 0.3 is 0 Å². The van der Waals surface area contributed by atoms with Crippen molar-refractivity contribution in [2.75, 3.05) is 0 Å². The molecule has 0 N–H and O–H groups in total. The maximum Gasteiger partial charge on any atom is 0.149 e. The SMILES string of the molecule is CCC(=O)C(C#N)C(C)C. The Bertz CT molecular complexity index is 155. The second-order valence-corrected chi connectivity index (χ2v) is 2.67. The Morgan fingerprint density at radius 3 is 2.20 bits per heavy atom. The second kappa shape index (κ2) is 4.05. The third-order valence-electron chi connectivity index (χ3n) is 1.50. The molecule has 0 aromatic carbocycles. The molecule has 0 aromatic heterocycles. The van der Waals surface area contributed by atoms with E-state index in [2.05, 4.69) is 0 Å². The number of carbonyl (C=O) groups is 1. The summed E-state index contributed by atoms with van der Waals surface area (Å²) in [6.07, 6.45) is 0.469. The summed E-state index contributed by atoms with van der Waals surface area (Å²) in [7, 11) is 0. The number of Topliss-reactive ketones (excluding diaryl/α,β-unsaturated/α-hetero) is 1. The van der Waals surface area contributed by atoms with Crippen LogP contribution in [-0.4, -0.2) is 5.78 Å². The van der Waals surface area contributed by atoms with E-state index in [0.29, 0.717) is 6.42 Å². The molecule has 0 heterocycles. The van der Waals surface area contributed by atoms with Crippen molar-refractivity contribution in [2.45, 2.75) is 27.2 Å². The third kappa shape index (κ3) is 2.18. The van der Waals surface area contributed by atoms with Crippen molar-refractivity contribution >= 4 is 5.78 Å². The van der Waals surface area contributed by atoms with E-state index in [1.165, 1.54) is 0 Å². The maximum absolute atomic E-state index is 11.0. The zero-order chi connectivity index (χ0) is 8.15. The fourth-order valence-corrected chi connectivity index (χ4v) is 0.813. The molecule has 0 fully saturated rings. The number of nitriles is 1. The van der Waals surface area contributed by atoms with Crippen LogP contribution in [0.1, 0.15) is 27.2 Å². The van der Waals surface area contributed by atoms with Gasteiger partial charge in [0.25, 0.3) is 0 Å². The van der Waals surface area contributed by atoms with Gasteiger partial charge in [0.2, 0.25) is 0 Å². The molecule has 0 spiro atoms. The molecule has 0 aliphatic heterocycles. The lowest BCUT2D eigenvalue weighted by molar-refractivity contribution is -0.121. The molecule has 10 heavy (non-hydrogen) atoms. The summed E-state index contributed by atoms with van der Waals surface area (Å²) in [6, 6.07) is 2.00. The second-order valence-electron chi connectivity index (χ2n) is 2.67. The molecule has 0 saturated heterocycles. The first kappa shape index (κ1) is 9.16. The molecular weight excluding hydrogens is 126 g/mol. The predicted molar refractivity (Wildman–Crippen MR) is 39.2 cm³/mol. The summed E-state index contributed by atoms with van der Waals surface area (Å²) >= 11 is 0. The average molecular weight is 139 g/mol. The average Bonchev–Trinajstić information content (AvgIpc) is 1.88. The minimum Gasteiger partial charge on any atom is -0.298 e. The fourth-order valence-electron chi connectivity index (χ4n) is 0.813. The molecular formula is C8H13NO. The van der Waals surface area contributed by atoms with Crippen LogP contribution in [0, 0.1) is 23.2 Å². The predicted octanol–water partition coefficient (Wildman–Crippen LogP) is 1.76. The van der Waals surface area contributed by atoms with E-state index < -0.39 is 5.92 Å². The molecule has 0 amide bonds. The van der Waals surface area contributed by atoms with Crippen LogP contribution in [0.4, 0.5) is 0 Å². The van der Waals surface area contributed by atoms with Crippen molar-refractivity contribution in [3.63, 3.8) is 0 Å². The highest BCUT2D eigenvalue weighted by Crippen LogP contribution is 2.11. The number of carbonyl (C=O) groups excluding carboxylic acids is 1. The number of hydrogen-bond donors (Lipinski definition) is 0. The van der Waals surface area contributed by atoms with E-state index in [4.69, 9.17) is 5.26 Å². The standard InChI is InChI=1S/C8H13NO/c1-4-8(10)7(5-9)6(2)3/h6-7H,4H2,1-3H3. The first-order chi connectivity index (χ1) is 4.63. The van der Waals surface area contributed by atoms with Gasteiger partial charge in [-0.2, -0.15) is 5.26 Å². The quantitative estimate of drug-likeness (QED) is 0.597. The monoisotopic (exact) mass is 139 g/mol. The van der Waals surface area contributed by atoms with E-state index in [-0.39, 0.29) is 11.7 Å². The van der Waals surface area contributed by atoms with E-state index in [0.717, 1.165) is 0 Å². The van der Waals surface area contributed by atoms with Crippen molar-refractivity contribution in [3.05, 3.63) is 0 Å².